The summed E-state index contributed by atoms with van der Waals surface area (Å²) >= 11 is 0. The first-order chi connectivity index (χ1) is 8.88. The summed E-state index contributed by atoms with van der Waals surface area (Å²) in [7, 11) is 0. The number of para-hydroxylation sites is 1. The van der Waals surface area contributed by atoms with E-state index in [-0.39, 0.29) is 6.04 Å². The molecule has 2 nitrogen and oxygen atoms in total. The molecule has 1 aromatic rings. The van der Waals surface area contributed by atoms with Gasteiger partial charge in [0.25, 0.3) is 0 Å². The van der Waals surface area contributed by atoms with Gasteiger partial charge in [0.1, 0.15) is 0 Å². The summed E-state index contributed by atoms with van der Waals surface area (Å²) in [4.78, 5) is 2.55. The van der Waals surface area contributed by atoms with Gasteiger partial charge in [-0.25, -0.2) is 0 Å². The summed E-state index contributed by atoms with van der Waals surface area (Å²) in [5.41, 5.74) is 9.17. The fraction of sp³-hybridized carbons (Fsp3) is 0.647. The molecule has 0 aromatic heterocycles. The largest absolute Gasteiger partial charge is 0.371 e. The van der Waals surface area contributed by atoms with Crippen LogP contribution in [-0.4, -0.2) is 19.1 Å². The molecule has 0 bridgehead atoms. The standard InChI is InChI=1S/C17H28N2/c1-13(18)11-14-7-5-6-8-16(14)19-10-9-15(12-19)17(2,3)4/h5-8,13,15H,9-12,18H2,1-4H3. The molecule has 2 atom stereocenters. The van der Waals surface area contributed by atoms with Crippen molar-refractivity contribution in [3.63, 3.8) is 0 Å². The van der Waals surface area contributed by atoms with E-state index in [0.717, 1.165) is 12.3 Å². The highest BCUT2D eigenvalue weighted by atomic mass is 15.2. The van der Waals surface area contributed by atoms with Crippen molar-refractivity contribution in [1.82, 2.24) is 0 Å². The summed E-state index contributed by atoms with van der Waals surface area (Å²) in [6, 6.07) is 8.97. The SMILES string of the molecule is CC(N)Cc1ccccc1N1CCC(C(C)(C)C)C1. The van der Waals surface area contributed by atoms with E-state index < -0.39 is 0 Å². The Morgan fingerprint density at radius 3 is 2.58 bits per heavy atom. The number of benzene rings is 1. The molecular formula is C17H28N2. The molecule has 1 aromatic carbocycles. The van der Waals surface area contributed by atoms with Crippen LogP contribution in [-0.2, 0) is 6.42 Å². The lowest BCUT2D eigenvalue weighted by Gasteiger charge is -2.28. The minimum atomic E-state index is 0.224. The maximum atomic E-state index is 5.97. The zero-order valence-corrected chi connectivity index (χ0v) is 12.8. The van der Waals surface area contributed by atoms with E-state index in [1.54, 1.807) is 0 Å². The summed E-state index contributed by atoms with van der Waals surface area (Å²) in [5, 5.41) is 0. The van der Waals surface area contributed by atoms with E-state index in [4.69, 9.17) is 5.73 Å². The van der Waals surface area contributed by atoms with Gasteiger partial charge in [-0.3, -0.25) is 0 Å². The predicted octanol–water partition coefficient (Wildman–Crippen LogP) is 3.45. The van der Waals surface area contributed by atoms with Gasteiger partial charge in [0, 0.05) is 24.8 Å². The molecule has 0 spiro atoms. The number of rotatable bonds is 3. The highest BCUT2D eigenvalue weighted by Gasteiger charge is 2.32. The van der Waals surface area contributed by atoms with Crippen molar-refractivity contribution in [3.05, 3.63) is 29.8 Å². The molecule has 0 amide bonds. The Hall–Kier alpha value is -1.02. The lowest BCUT2D eigenvalue weighted by atomic mass is 9.80. The van der Waals surface area contributed by atoms with Gasteiger partial charge in [-0.15, -0.1) is 0 Å². The molecule has 0 aliphatic carbocycles. The van der Waals surface area contributed by atoms with E-state index in [2.05, 4.69) is 56.9 Å². The molecule has 1 aliphatic rings. The molecule has 106 valence electrons. The minimum absolute atomic E-state index is 0.224. The van der Waals surface area contributed by atoms with Crippen LogP contribution >= 0.6 is 0 Å². The Labute approximate surface area is 118 Å². The smallest absolute Gasteiger partial charge is 0.0399 e. The van der Waals surface area contributed by atoms with E-state index in [0.29, 0.717) is 5.41 Å². The summed E-state index contributed by atoms with van der Waals surface area (Å²) in [5.74, 6) is 0.788. The molecule has 2 rings (SSSR count). The average Bonchev–Trinajstić information content (AvgIpc) is 2.77. The van der Waals surface area contributed by atoms with Crippen LogP contribution in [0.5, 0.6) is 0 Å². The van der Waals surface area contributed by atoms with Crippen molar-refractivity contribution in [2.45, 2.75) is 46.6 Å². The van der Waals surface area contributed by atoms with Crippen molar-refractivity contribution in [2.24, 2.45) is 17.1 Å². The second-order valence-electron chi connectivity index (χ2n) is 7.11. The molecular weight excluding hydrogens is 232 g/mol. The van der Waals surface area contributed by atoms with Gasteiger partial charge in [0.05, 0.1) is 0 Å². The lowest BCUT2D eigenvalue weighted by molar-refractivity contribution is 0.263. The fourth-order valence-electron chi connectivity index (χ4n) is 3.02. The Bertz CT molecular complexity index is 418. The number of nitrogens with zero attached hydrogens (tertiary/aromatic N) is 1. The van der Waals surface area contributed by atoms with Crippen LogP contribution in [0, 0.1) is 11.3 Å². The first-order valence-electron chi connectivity index (χ1n) is 7.46. The van der Waals surface area contributed by atoms with Gasteiger partial charge in [-0.1, -0.05) is 39.0 Å². The topological polar surface area (TPSA) is 29.3 Å². The normalized spacial score (nSPS) is 21.7. The molecule has 2 heteroatoms. The zero-order chi connectivity index (χ0) is 14.0. The number of anilines is 1. The quantitative estimate of drug-likeness (QED) is 0.902. The van der Waals surface area contributed by atoms with Crippen molar-refractivity contribution in [2.75, 3.05) is 18.0 Å². The maximum Gasteiger partial charge on any atom is 0.0399 e. The highest BCUT2D eigenvalue weighted by molar-refractivity contribution is 5.54. The van der Waals surface area contributed by atoms with Crippen LogP contribution in [0.3, 0.4) is 0 Å². The van der Waals surface area contributed by atoms with Crippen molar-refractivity contribution < 1.29 is 0 Å². The summed E-state index contributed by atoms with van der Waals surface area (Å²) in [6.45, 7) is 11.5. The van der Waals surface area contributed by atoms with Gasteiger partial charge in [0.15, 0.2) is 0 Å². The maximum absolute atomic E-state index is 5.97. The van der Waals surface area contributed by atoms with Crippen LogP contribution in [0.4, 0.5) is 5.69 Å². The highest BCUT2D eigenvalue weighted by Crippen LogP contribution is 2.36. The molecule has 0 saturated carbocycles. The summed E-state index contributed by atoms with van der Waals surface area (Å²) in [6.07, 6.45) is 2.27. The molecule has 0 radical (unpaired) electrons. The van der Waals surface area contributed by atoms with Crippen molar-refractivity contribution >= 4 is 5.69 Å². The predicted molar refractivity (Wildman–Crippen MR) is 83.6 cm³/mol. The second kappa shape index (κ2) is 5.54. The molecule has 2 unspecified atom stereocenters. The Kier molecular flexibility index (Phi) is 4.19. The summed E-state index contributed by atoms with van der Waals surface area (Å²) < 4.78 is 0. The first kappa shape index (κ1) is 14.4. The molecule has 19 heavy (non-hydrogen) atoms. The third-order valence-corrected chi connectivity index (χ3v) is 4.29. The van der Waals surface area contributed by atoms with E-state index in [1.807, 2.05) is 0 Å². The van der Waals surface area contributed by atoms with Crippen LogP contribution in [0.25, 0.3) is 0 Å². The Morgan fingerprint density at radius 1 is 1.32 bits per heavy atom. The van der Waals surface area contributed by atoms with Crippen LogP contribution in [0.1, 0.15) is 39.7 Å². The van der Waals surface area contributed by atoms with Gasteiger partial charge >= 0.3 is 0 Å². The average molecular weight is 260 g/mol. The van der Waals surface area contributed by atoms with Gasteiger partial charge < -0.3 is 10.6 Å². The third-order valence-electron chi connectivity index (χ3n) is 4.29. The minimum Gasteiger partial charge on any atom is -0.371 e. The second-order valence-corrected chi connectivity index (χ2v) is 7.11. The lowest BCUT2D eigenvalue weighted by Crippen LogP contribution is -2.27. The molecule has 1 saturated heterocycles. The Balaban J connectivity index is 2.15. The van der Waals surface area contributed by atoms with Crippen LogP contribution < -0.4 is 10.6 Å². The molecule has 2 N–H and O–H groups in total. The number of nitrogens with two attached hydrogens (primary N) is 1. The van der Waals surface area contributed by atoms with Gasteiger partial charge in [-0.2, -0.15) is 0 Å². The van der Waals surface area contributed by atoms with Crippen LogP contribution in [0.2, 0.25) is 0 Å². The van der Waals surface area contributed by atoms with Crippen molar-refractivity contribution in [1.29, 1.82) is 0 Å². The van der Waals surface area contributed by atoms with E-state index in [9.17, 15) is 0 Å². The zero-order valence-electron chi connectivity index (χ0n) is 12.8. The van der Waals surface area contributed by atoms with Crippen LogP contribution in [0.15, 0.2) is 24.3 Å². The molecule has 1 aliphatic heterocycles. The van der Waals surface area contributed by atoms with Crippen molar-refractivity contribution in [3.8, 4) is 0 Å². The first-order valence-corrected chi connectivity index (χ1v) is 7.46. The monoisotopic (exact) mass is 260 g/mol. The number of hydrogen-bond donors (Lipinski definition) is 1. The van der Waals surface area contributed by atoms with E-state index >= 15 is 0 Å². The third kappa shape index (κ3) is 3.50. The molecule has 1 heterocycles. The van der Waals surface area contributed by atoms with Gasteiger partial charge in [0.2, 0.25) is 0 Å². The molecule has 1 fully saturated rings. The van der Waals surface area contributed by atoms with Gasteiger partial charge in [-0.05, 0) is 42.7 Å². The van der Waals surface area contributed by atoms with E-state index in [1.165, 1.54) is 30.8 Å². The fourth-order valence-corrected chi connectivity index (χ4v) is 3.02. The Morgan fingerprint density at radius 2 is 2.00 bits per heavy atom. The number of hydrogen-bond acceptors (Lipinski definition) is 2.